The van der Waals surface area contributed by atoms with Crippen molar-refractivity contribution in [3.05, 3.63) is 16.1 Å². The highest BCUT2D eigenvalue weighted by atomic mass is 32.2. The molecule has 1 aliphatic rings. The van der Waals surface area contributed by atoms with Crippen LogP contribution in [0.3, 0.4) is 0 Å². The molecule has 0 spiro atoms. The van der Waals surface area contributed by atoms with E-state index in [9.17, 15) is 8.42 Å². The standard InChI is InChI=1S/C11H17NO3S2/c1-9-11(16-8-12-9)4-6-17(13,14)7-10-3-2-5-15-10/h8,10H,2-7H2,1H3/t10-/m1/s1. The molecule has 0 aromatic carbocycles. The quantitative estimate of drug-likeness (QED) is 0.819. The first-order valence-corrected chi connectivity index (χ1v) is 8.48. The van der Waals surface area contributed by atoms with Gasteiger partial charge in [-0.25, -0.2) is 13.4 Å². The van der Waals surface area contributed by atoms with Crippen LogP contribution in [0.1, 0.15) is 23.4 Å². The zero-order valence-electron chi connectivity index (χ0n) is 9.89. The summed E-state index contributed by atoms with van der Waals surface area (Å²) in [6, 6.07) is 0. The van der Waals surface area contributed by atoms with Crippen LogP contribution in [0.5, 0.6) is 0 Å². The fourth-order valence-corrected chi connectivity index (χ4v) is 4.38. The molecule has 0 amide bonds. The molecule has 1 atom stereocenters. The predicted molar refractivity (Wildman–Crippen MR) is 68.2 cm³/mol. The van der Waals surface area contributed by atoms with Crippen molar-refractivity contribution in [2.45, 2.75) is 32.3 Å². The van der Waals surface area contributed by atoms with Gasteiger partial charge in [-0.3, -0.25) is 0 Å². The second kappa shape index (κ2) is 5.46. The van der Waals surface area contributed by atoms with Crippen molar-refractivity contribution in [1.29, 1.82) is 0 Å². The normalized spacial score (nSPS) is 20.9. The lowest BCUT2D eigenvalue weighted by atomic mass is 10.3. The highest BCUT2D eigenvalue weighted by Gasteiger charge is 2.23. The number of sulfone groups is 1. The molecule has 2 heterocycles. The Balaban J connectivity index is 1.87. The van der Waals surface area contributed by atoms with E-state index in [0.717, 1.165) is 23.4 Å². The molecule has 0 aliphatic carbocycles. The minimum atomic E-state index is -3.00. The lowest BCUT2D eigenvalue weighted by molar-refractivity contribution is 0.127. The molecule has 6 heteroatoms. The smallest absolute Gasteiger partial charge is 0.153 e. The maximum absolute atomic E-state index is 11.9. The molecule has 1 aromatic rings. The average molecular weight is 275 g/mol. The Morgan fingerprint density at radius 1 is 1.59 bits per heavy atom. The number of rotatable bonds is 5. The Morgan fingerprint density at radius 3 is 3.00 bits per heavy atom. The first-order valence-electron chi connectivity index (χ1n) is 5.78. The van der Waals surface area contributed by atoms with E-state index in [1.54, 1.807) is 5.51 Å². The summed E-state index contributed by atoms with van der Waals surface area (Å²) >= 11 is 1.53. The number of thiazole rings is 1. The lowest BCUT2D eigenvalue weighted by Gasteiger charge is -2.09. The molecule has 2 rings (SSSR count). The minimum absolute atomic E-state index is 0.0810. The summed E-state index contributed by atoms with van der Waals surface area (Å²) in [5.41, 5.74) is 2.71. The van der Waals surface area contributed by atoms with Gasteiger partial charge in [0.25, 0.3) is 0 Å². The minimum Gasteiger partial charge on any atom is -0.377 e. The number of nitrogens with zero attached hydrogens (tertiary/aromatic N) is 1. The molecule has 17 heavy (non-hydrogen) atoms. The fourth-order valence-electron chi connectivity index (χ4n) is 1.96. The highest BCUT2D eigenvalue weighted by Crippen LogP contribution is 2.17. The van der Waals surface area contributed by atoms with Gasteiger partial charge in [0.05, 0.1) is 28.8 Å². The van der Waals surface area contributed by atoms with Crippen molar-refractivity contribution in [2.24, 2.45) is 0 Å². The third-order valence-electron chi connectivity index (χ3n) is 2.95. The van der Waals surface area contributed by atoms with Crippen LogP contribution in [0.15, 0.2) is 5.51 Å². The van der Waals surface area contributed by atoms with Gasteiger partial charge in [-0.05, 0) is 26.2 Å². The topological polar surface area (TPSA) is 56.3 Å². The van der Waals surface area contributed by atoms with Gasteiger partial charge in [-0.1, -0.05) is 0 Å². The Morgan fingerprint density at radius 2 is 2.41 bits per heavy atom. The van der Waals surface area contributed by atoms with Crippen molar-refractivity contribution < 1.29 is 13.2 Å². The van der Waals surface area contributed by atoms with E-state index in [-0.39, 0.29) is 17.6 Å². The highest BCUT2D eigenvalue weighted by molar-refractivity contribution is 7.91. The first-order chi connectivity index (χ1) is 8.07. The summed E-state index contributed by atoms with van der Waals surface area (Å²) in [6.07, 6.45) is 2.35. The fraction of sp³-hybridized carbons (Fsp3) is 0.727. The maximum atomic E-state index is 11.9. The molecule has 0 bridgehead atoms. The molecule has 1 saturated heterocycles. The van der Waals surface area contributed by atoms with Gasteiger partial charge in [0.1, 0.15) is 0 Å². The summed E-state index contributed by atoms with van der Waals surface area (Å²) in [7, 11) is -3.00. The summed E-state index contributed by atoms with van der Waals surface area (Å²) in [6.45, 7) is 2.62. The van der Waals surface area contributed by atoms with Crippen molar-refractivity contribution in [3.63, 3.8) is 0 Å². The summed E-state index contributed by atoms with van der Waals surface area (Å²) in [4.78, 5) is 5.19. The Labute approximate surface area is 106 Å². The second-order valence-electron chi connectivity index (χ2n) is 4.36. The van der Waals surface area contributed by atoms with Gasteiger partial charge in [0.2, 0.25) is 0 Å². The average Bonchev–Trinajstić information content (AvgIpc) is 2.87. The zero-order chi connectivity index (χ0) is 12.3. The van der Waals surface area contributed by atoms with Gasteiger partial charge in [-0.2, -0.15) is 0 Å². The predicted octanol–water partition coefficient (Wildman–Crippen LogP) is 1.59. The van der Waals surface area contributed by atoms with Crippen molar-refractivity contribution in [1.82, 2.24) is 4.98 Å². The molecule has 4 nitrogen and oxygen atoms in total. The van der Waals surface area contributed by atoms with Crippen molar-refractivity contribution in [2.75, 3.05) is 18.1 Å². The van der Waals surface area contributed by atoms with E-state index >= 15 is 0 Å². The number of ether oxygens (including phenoxy) is 1. The van der Waals surface area contributed by atoms with Gasteiger partial charge < -0.3 is 4.74 Å². The van der Waals surface area contributed by atoms with E-state index in [4.69, 9.17) is 4.74 Å². The van der Waals surface area contributed by atoms with E-state index in [1.165, 1.54) is 11.3 Å². The molecular weight excluding hydrogens is 258 g/mol. The van der Waals surface area contributed by atoms with Crippen LogP contribution in [0.25, 0.3) is 0 Å². The molecule has 1 fully saturated rings. The summed E-state index contributed by atoms with van der Waals surface area (Å²) < 4.78 is 29.2. The number of aryl methyl sites for hydroxylation is 2. The third kappa shape index (κ3) is 3.76. The van der Waals surface area contributed by atoms with Crippen molar-refractivity contribution in [3.8, 4) is 0 Å². The van der Waals surface area contributed by atoms with Crippen LogP contribution in [-0.4, -0.2) is 37.6 Å². The molecule has 1 aliphatic heterocycles. The second-order valence-corrected chi connectivity index (χ2v) is 7.53. The lowest BCUT2D eigenvalue weighted by Crippen LogP contribution is -2.23. The molecule has 0 radical (unpaired) electrons. The van der Waals surface area contributed by atoms with E-state index in [2.05, 4.69) is 4.98 Å². The molecule has 96 valence electrons. The summed E-state index contributed by atoms with van der Waals surface area (Å²) in [5, 5.41) is 0. The molecule has 0 N–H and O–H groups in total. The van der Waals surface area contributed by atoms with Crippen molar-refractivity contribution >= 4 is 21.2 Å². The Bertz CT molecular complexity index is 461. The van der Waals surface area contributed by atoms with Gasteiger partial charge in [-0.15, -0.1) is 11.3 Å². The van der Waals surface area contributed by atoms with Crippen LogP contribution in [0, 0.1) is 6.92 Å². The van der Waals surface area contributed by atoms with Crippen LogP contribution in [0.4, 0.5) is 0 Å². The van der Waals surface area contributed by atoms with Crippen LogP contribution in [0.2, 0.25) is 0 Å². The monoisotopic (exact) mass is 275 g/mol. The Kier molecular flexibility index (Phi) is 4.17. The van der Waals surface area contributed by atoms with E-state index < -0.39 is 9.84 Å². The van der Waals surface area contributed by atoms with Gasteiger partial charge >= 0.3 is 0 Å². The SMILES string of the molecule is Cc1ncsc1CCS(=O)(=O)C[C@H]1CCCO1. The van der Waals surface area contributed by atoms with Crippen LogP contribution >= 0.6 is 11.3 Å². The third-order valence-corrected chi connectivity index (χ3v) is 5.65. The molecule has 0 saturated carbocycles. The van der Waals surface area contributed by atoms with Gasteiger partial charge in [0, 0.05) is 11.5 Å². The Hall–Kier alpha value is -0.460. The largest absolute Gasteiger partial charge is 0.377 e. The van der Waals surface area contributed by atoms with E-state index in [1.807, 2.05) is 6.92 Å². The molecule has 1 aromatic heterocycles. The zero-order valence-corrected chi connectivity index (χ0v) is 11.5. The van der Waals surface area contributed by atoms with Crippen LogP contribution < -0.4 is 0 Å². The van der Waals surface area contributed by atoms with Gasteiger partial charge in [0.15, 0.2) is 9.84 Å². The number of hydrogen-bond donors (Lipinski definition) is 0. The number of aromatic nitrogens is 1. The van der Waals surface area contributed by atoms with E-state index in [0.29, 0.717) is 13.0 Å². The maximum Gasteiger partial charge on any atom is 0.153 e. The number of hydrogen-bond acceptors (Lipinski definition) is 5. The first kappa shape index (κ1) is 13.0. The molecular formula is C11H17NO3S2. The van der Waals surface area contributed by atoms with Crippen LogP contribution in [-0.2, 0) is 21.0 Å². The molecule has 0 unspecified atom stereocenters. The summed E-state index contributed by atoms with van der Waals surface area (Å²) in [5.74, 6) is 0.376.